The number of morpholine rings is 1. The number of H-pyrrole nitrogens is 3. The number of likely N-dealkylation sites (tertiary alicyclic amines) is 3. The Hall–Kier alpha value is -9.40. The van der Waals surface area contributed by atoms with Gasteiger partial charge in [0.25, 0.3) is 0 Å². The number of aromatic amines is 3. The molecule has 9 aromatic carbocycles. The van der Waals surface area contributed by atoms with E-state index in [9.17, 15) is 33.6 Å². The summed E-state index contributed by atoms with van der Waals surface area (Å²) in [6.45, 7) is 12.5. The van der Waals surface area contributed by atoms with Gasteiger partial charge >= 0.3 is 0 Å². The number of carbonyl (C=O) groups is 7. The first-order valence-corrected chi connectivity index (χ1v) is 45.0. The van der Waals surface area contributed by atoms with Crippen molar-refractivity contribution in [2.75, 3.05) is 73.1 Å². The molecule has 5 saturated heterocycles. The topological polar surface area (TPSA) is 220 Å². The summed E-state index contributed by atoms with van der Waals surface area (Å²) in [5.74, 6) is -0.945. The lowest BCUT2D eigenvalue weighted by Gasteiger charge is -2.40. The lowest BCUT2D eigenvalue weighted by atomic mass is 9.90. The Morgan fingerprint density at radius 2 is 0.811 bits per heavy atom. The SMILES string of the molecule is Cc1ccc(SC2(C(=O)N(C)C)CC(=O)N(Cc3ccc(Cl)cc3)C2c2c[nH]c3cc(Cl)ccc23)cc1.Cc1ccc(SC2(C(=O)N3CCNC(=O)C3)CC(=O)N(Cc3ccc(Cl)cc3)C2c2c[nH]c3cc(Cl)ccc23)cc1.Cc1ccc(SC2(C(=O)NCCCN3CCOCC3)CC(=O)N(Cc3ccc(Cl)cc3)C2c2c[nH]c3cc(Cl)ccc23)cc1. The number of benzene rings is 9. The van der Waals surface area contributed by atoms with Gasteiger partial charge in [-0.2, -0.15) is 0 Å². The molecular weight excluding hydrogens is 1720 g/mol. The van der Waals surface area contributed by atoms with Crippen LogP contribution in [0.1, 0.15) is 93.9 Å². The lowest BCUT2D eigenvalue weighted by molar-refractivity contribution is -0.140. The van der Waals surface area contributed by atoms with E-state index in [2.05, 4.69) is 30.5 Å². The van der Waals surface area contributed by atoms with Crippen LogP contribution < -0.4 is 10.6 Å². The molecule has 6 atom stereocenters. The van der Waals surface area contributed by atoms with Gasteiger partial charge in [-0.25, -0.2) is 0 Å². The Morgan fingerprint density at radius 1 is 0.459 bits per heavy atom. The molecule has 19 nitrogen and oxygen atoms in total. The third-order valence-corrected chi connectivity index (χ3v) is 28.7. The molecule has 5 aliphatic heterocycles. The molecular formula is C94H91Cl6N11O8S3. The quantitative estimate of drug-likeness (QED) is 0.0400. The molecule has 5 N–H and O–H groups in total. The molecule has 0 aliphatic carbocycles. The van der Waals surface area contributed by atoms with Gasteiger partial charge in [0.1, 0.15) is 14.2 Å². The number of nitrogens with one attached hydrogen (secondary N) is 5. The van der Waals surface area contributed by atoms with Crippen molar-refractivity contribution in [2.24, 2.45) is 0 Å². The molecule has 7 amide bonds. The Labute approximate surface area is 751 Å². The predicted molar refractivity (Wildman–Crippen MR) is 490 cm³/mol. The summed E-state index contributed by atoms with van der Waals surface area (Å²) in [5.41, 5.74) is 11.3. The van der Waals surface area contributed by atoms with E-state index in [0.29, 0.717) is 69.4 Å². The van der Waals surface area contributed by atoms with Crippen molar-refractivity contribution in [1.29, 1.82) is 0 Å². The maximum absolute atomic E-state index is 14.7. The van der Waals surface area contributed by atoms with E-state index in [1.807, 2.05) is 237 Å². The molecule has 0 bridgehead atoms. The molecule has 17 rings (SSSR count). The Morgan fingerprint density at radius 3 is 1.20 bits per heavy atom. The third-order valence-electron chi connectivity index (χ3n) is 23.0. The van der Waals surface area contributed by atoms with E-state index in [0.717, 1.165) is 137 Å². The number of hydrogen-bond donors (Lipinski definition) is 5. The number of fused-ring (bicyclic) bond motifs is 3. The molecule has 8 heterocycles. The zero-order valence-corrected chi connectivity index (χ0v) is 74.8. The number of carbonyl (C=O) groups excluding carboxylic acids is 7. The molecule has 0 radical (unpaired) electrons. The minimum absolute atomic E-state index is 0.0129. The van der Waals surface area contributed by atoms with Crippen LogP contribution in [0.4, 0.5) is 0 Å². The fourth-order valence-electron chi connectivity index (χ4n) is 17.0. The smallest absolute Gasteiger partial charge is 0.242 e. The third kappa shape index (κ3) is 19.1. The van der Waals surface area contributed by atoms with E-state index in [1.165, 1.54) is 35.3 Å². The first-order chi connectivity index (χ1) is 58.7. The van der Waals surface area contributed by atoms with Crippen LogP contribution in [0.3, 0.4) is 0 Å². The standard InChI is InChI=1S/C34H36Cl2N4O3S.C31H28Cl2N4O3S.C29H27Cl2N3O2S/c1-23-3-10-27(11-4-23)44-34(33(42)37-13-2-14-39-15-17-43-18-16-39)20-31(41)40(22-24-5-7-25(35)8-6-24)32(34)29-21-38-30-19-26(36)9-12-28(29)30;1-19-2-9-23(10-3-19)41-31(30(40)36-13-12-34-27(38)18-36)15-28(39)37(17-20-4-6-21(32)7-5-20)29(31)25-16-35-26-14-22(33)8-11-24(25)26;1-18-4-11-22(12-5-18)37-29(28(36)33(2)3)15-26(35)34(17-19-6-8-20(30)9-7-19)27(29)24-16-32-25-14-21(31)10-13-23(24)25/h3-12,19,21,32,38H,2,13-18,20,22H2,1H3,(H,37,42);2-11,14,16,29,35H,12-13,15,17-18H2,1H3,(H,34,38);4-14,16,27,32H,15,17H2,1-3H3. The largest absolute Gasteiger partial charge is 0.379 e. The average molecular weight is 1810 g/mol. The van der Waals surface area contributed by atoms with Crippen molar-refractivity contribution >= 4 is 179 Å². The van der Waals surface area contributed by atoms with Gasteiger partial charge in [0, 0.05) is 179 Å². The molecule has 28 heteroatoms. The van der Waals surface area contributed by atoms with Crippen LogP contribution in [-0.4, -0.2) is 173 Å². The highest BCUT2D eigenvalue weighted by atomic mass is 35.5. The number of hydrogen-bond acceptors (Lipinski definition) is 12. The second kappa shape index (κ2) is 38.0. The van der Waals surface area contributed by atoms with Gasteiger partial charge in [-0.05, 0) is 160 Å². The molecule has 3 aromatic heterocycles. The minimum Gasteiger partial charge on any atom is -0.379 e. The van der Waals surface area contributed by atoms with Gasteiger partial charge in [-0.1, -0.05) is 177 Å². The van der Waals surface area contributed by atoms with Crippen molar-refractivity contribution in [2.45, 2.75) is 113 Å². The summed E-state index contributed by atoms with van der Waals surface area (Å²) in [4.78, 5) is 122. The number of thioether (sulfide) groups is 3. The van der Waals surface area contributed by atoms with Gasteiger partial charge in [0.05, 0.1) is 57.1 Å². The van der Waals surface area contributed by atoms with Gasteiger partial charge in [0.2, 0.25) is 41.4 Å². The van der Waals surface area contributed by atoms with Crippen molar-refractivity contribution in [3.05, 3.63) is 299 Å². The van der Waals surface area contributed by atoms with Crippen molar-refractivity contribution in [3.8, 4) is 0 Å². The second-order valence-corrected chi connectivity index (χ2v) is 38.6. The number of aromatic nitrogens is 3. The molecule has 630 valence electrons. The van der Waals surface area contributed by atoms with Crippen LogP contribution >= 0.6 is 105 Å². The molecule has 5 aliphatic rings. The number of piperazine rings is 1. The summed E-state index contributed by atoms with van der Waals surface area (Å²) in [6, 6.07) is 61.8. The van der Waals surface area contributed by atoms with E-state index in [4.69, 9.17) is 74.3 Å². The van der Waals surface area contributed by atoms with Gasteiger partial charge in [-0.15, -0.1) is 35.3 Å². The zero-order chi connectivity index (χ0) is 85.7. The number of nitrogens with zero attached hydrogens (tertiary/aromatic N) is 6. The molecule has 5 fully saturated rings. The Kier molecular flexibility index (Phi) is 27.2. The molecule has 0 saturated carbocycles. The van der Waals surface area contributed by atoms with Crippen LogP contribution in [0.15, 0.2) is 233 Å². The number of aryl methyl sites for hydroxylation is 3. The molecule has 122 heavy (non-hydrogen) atoms. The van der Waals surface area contributed by atoms with Crippen molar-refractivity contribution in [3.63, 3.8) is 0 Å². The summed E-state index contributed by atoms with van der Waals surface area (Å²) in [7, 11) is 3.50. The maximum atomic E-state index is 14.7. The minimum atomic E-state index is -1.23. The average Bonchev–Trinajstić information content (AvgIpc) is 1.59. The first kappa shape index (κ1) is 87.5. The van der Waals surface area contributed by atoms with Gasteiger partial charge in [0.15, 0.2) is 0 Å². The molecule has 0 spiro atoms. The Bertz CT molecular complexity index is 5860. The fourth-order valence-corrected chi connectivity index (χ4v) is 22.3. The van der Waals surface area contributed by atoms with Crippen LogP contribution in [0.5, 0.6) is 0 Å². The summed E-state index contributed by atoms with van der Waals surface area (Å²) >= 11 is 41.7. The molecule has 6 unspecified atom stereocenters. The van der Waals surface area contributed by atoms with Crippen molar-refractivity contribution in [1.82, 2.24) is 55.0 Å². The van der Waals surface area contributed by atoms with Crippen LogP contribution in [0, 0.1) is 20.8 Å². The summed E-state index contributed by atoms with van der Waals surface area (Å²) in [6.07, 6.45) is 6.67. The Balaban J connectivity index is 0.000000143. The highest BCUT2D eigenvalue weighted by molar-refractivity contribution is 8.02. The van der Waals surface area contributed by atoms with Crippen LogP contribution in [0.25, 0.3) is 32.7 Å². The summed E-state index contributed by atoms with van der Waals surface area (Å²) in [5, 5.41) is 12.5. The maximum Gasteiger partial charge on any atom is 0.242 e. The highest BCUT2D eigenvalue weighted by Crippen LogP contribution is 2.59. The van der Waals surface area contributed by atoms with Gasteiger partial charge < -0.3 is 54.8 Å². The number of halogens is 6. The number of amides is 7. The summed E-state index contributed by atoms with van der Waals surface area (Å²) < 4.78 is 2.05. The van der Waals surface area contributed by atoms with E-state index in [1.54, 1.807) is 40.9 Å². The fraction of sp³-hybridized carbons (Fsp3) is 0.287. The lowest BCUT2D eigenvalue weighted by Crippen LogP contribution is -2.57. The zero-order valence-electron chi connectivity index (χ0n) is 67.8. The normalized spacial score (nSPS) is 20.5. The number of ether oxygens (including phenoxy) is 1. The molecule has 12 aromatic rings. The second-order valence-electron chi connectivity index (χ2n) is 31.7. The van der Waals surface area contributed by atoms with E-state index >= 15 is 0 Å². The predicted octanol–water partition coefficient (Wildman–Crippen LogP) is 19.2. The number of rotatable bonds is 22. The monoisotopic (exact) mass is 1810 g/mol. The van der Waals surface area contributed by atoms with E-state index in [-0.39, 0.29) is 67.2 Å². The van der Waals surface area contributed by atoms with Crippen LogP contribution in [0.2, 0.25) is 30.1 Å². The highest BCUT2D eigenvalue weighted by Gasteiger charge is 2.62. The van der Waals surface area contributed by atoms with E-state index < -0.39 is 32.4 Å². The van der Waals surface area contributed by atoms with Crippen LogP contribution in [-0.2, 0) is 57.9 Å². The van der Waals surface area contributed by atoms with Crippen molar-refractivity contribution < 1.29 is 38.3 Å². The van der Waals surface area contributed by atoms with Gasteiger partial charge in [-0.3, -0.25) is 38.5 Å². The first-order valence-electron chi connectivity index (χ1n) is 40.3.